The molecule has 98 valence electrons. The zero-order valence-electron chi connectivity index (χ0n) is 11.0. The molecule has 3 nitrogen and oxygen atoms in total. The van der Waals surface area contributed by atoms with Crippen LogP contribution in [0.4, 0.5) is 5.69 Å². The fourth-order valence-electron chi connectivity index (χ4n) is 2.15. The van der Waals surface area contributed by atoms with Gasteiger partial charge in [0.1, 0.15) is 0 Å². The number of aryl methyl sites for hydroxylation is 1. The molecule has 0 bridgehead atoms. The lowest BCUT2D eigenvalue weighted by Crippen LogP contribution is -1.91. The molecule has 3 heteroatoms. The smallest absolute Gasteiger partial charge is 0.258 e. The zero-order chi connectivity index (χ0) is 13.7. The van der Waals surface area contributed by atoms with Gasteiger partial charge in [-0.15, -0.1) is 0 Å². The van der Waals surface area contributed by atoms with E-state index in [2.05, 4.69) is 19.1 Å². The van der Waals surface area contributed by atoms with E-state index in [-0.39, 0.29) is 10.6 Å². The van der Waals surface area contributed by atoms with E-state index in [0.29, 0.717) is 0 Å². The maximum atomic E-state index is 10.7. The third-order valence-corrected chi connectivity index (χ3v) is 3.21. The molecule has 0 aliphatic carbocycles. The van der Waals surface area contributed by atoms with Gasteiger partial charge in [-0.3, -0.25) is 10.1 Å². The van der Waals surface area contributed by atoms with E-state index in [4.69, 9.17) is 0 Å². The second-order valence-corrected chi connectivity index (χ2v) is 4.56. The average Bonchev–Trinajstić information content (AvgIpc) is 2.45. The second-order valence-electron chi connectivity index (χ2n) is 4.56. The number of nitro benzene ring substituents is 1. The number of non-ortho nitro benzene ring substituents is 1. The van der Waals surface area contributed by atoms with E-state index in [1.54, 1.807) is 12.1 Å². The van der Waals surface area contributed by atoms with E-state index in [1.807, 2.05) is 24.3 Å². The van der Waals surface area contributed by atoms with Crippen molar-refractivity contribution in [2.45, 2.75) is 26.2 Å². The predicted molar refractivity (Wildman–Crippen MR) is 77.1 cm³/mol. The lowest BCUT2D eigenvalue weighted by Gasteiger charge is -2.09. The second kappa shape index (κ2) is 6.14. The van der Waals surface area contributed by atoms with Gasteiger partial charge in [-0.25, -0.2) is 0 Å². The Morgan fingerprint density at radius 2 is 1.74 bits per heavy atom. The Hall–Kier alpha value is -2.16. The summed E-state index contributed by atoms with van der Waals surface area (Å²) in [5, 5.41) is 10.7. The van der Waals surface area contributed by atoms with Crippen LogP contribution in [0.1, 0.15) is 25.3 Å². The summed E-state index contributed by atoms with van der Waals surface area (Å²) < 4.78 is 0. The maximum absolute atomic E-state index is 10.7. The van der Waals surface area contributed by atoms with Gasteiger partial charge < -0.3 is 0 Å². The Morgan fingerprint density at radius 3 is 2.37 bits per heavy atom. The normalized spacial score (nSPS) is 10.4. The summed E-state index contributed by atoms with van der Waals surface area (Å²) in [4.78, 5) is 10.3. The fourth-order valence-corrected chi connectivity index (χ4v) is 2.15. The summed E-state index contributed by atoms with van der Waals surface area (Å²) in [6.07, 6.45) is 3.36. The molecule has 0 aliphatic rings. The number of nitro groups is 1. The van der Waals surface area contributed by atoms with Crippen LogP contribution in [-0.4, -0.2) is 4.92 Å². The van der Waals surface area contributed by atoms with Crippen LogP contribution >= 0.6 is 0 Å². The van der Waals surface area contributed by atoms with Crippen molar-refractivity contribution in [2.75, 3.05) is 0 Å². The first-order valence-corrected chi connectivity index (χ1v) is 6.55. The van der Waals surface area contributed by atoms with Gasteiger partial charge in [0.25, 0.3) is 5.69 Å². The van der Waals surface area contributed by atoms with Gasteiger partial charge in [0, 0.05) is 12.1 Å². The Morgan fingerprint density at radius 1 is 1.05 bits per heavy atom. The van der Waals surface area contributed by atoms with E-state index >= 15 is 0 Å². The molecule has 2 aromatic carbocycles. The number of rotatable bonds is 5. The van der Waals surface area contributed by atoms with Crippen molar-refractivity contribution in [3.63, 3.8) is 0 Å². The van der Waals surface area contributed by atoms with E-state index in [1.165, 1.54) is 11.1 Å². The van der Waals surface area contributed by atoms with Crippen molar-refractivity contribution in [3.05, 3.63) is 64.2 Å². The Bertz CT molecular complexity index is 561. The molecule has 0 N–H and O–H groups in total. The maximum Gasteiger partial charge on any atom is 0.269 e. The predicted octanol–water partition coefficient (Wildman–Crippen LogP) is 4.60. The zero-order valence-corrected chi connectivity index (χ0v) is 11.0. The van der Waals surface area contributed by atoms with Crippen molar-refractivity contribution < 1.29 is 4.92 Å². The minimum absolute atomic E-state index is 0.134. The molecule has 0 fully saturated rings. The molecule has 0 heterocycles. The molecule has 0 amide bonds. The van der Waals surface area contributed by atoms with Crippen molar-refractivity contribution >= 4 is 5.69 Å². The minimum atomic E-state index is -0.368. The van der Waals surface area contributed by atoms with Crippen LogP contribution in [0, 0.1) is 10.1 Å². The van der Waals surface area contributed by atoms with Crippen LogP contribution in [0.15, 0.2) is 48.5 Å². The summed E-state index contributed by atoms with van der Waals surface area (Å²) in [5.74, 6) is 0. The van der Waals surface area contributed by atoms with Crippen molar-refractivity contribution in [3.8, 4) is 11.1 Å². The fraction of sp³-hybridized carbons (Fsp3) is 0.250. The van der Waals surface area contributed by atoms with Crippen LogP contribution in [0.3, 0.4) is 0 Å². The number of hydrogen-bond acceptors (Lipinski definition) is 2. The molecule has 0 saturated heterocycles. The molecule has 0 atom stereocenters. The highest BCUT2D eigenvalue weighted by Gasteiger charge is 2.07. The Labute approximate surface area is 113 Å². The largest absolute Gasteiger partial charge is 0.269 e. The summed E-state index contributed by atoms with van der Waals surface area (Å²) in [5.41, 5.74) is 3.65. The topological polar surface area (TPSA) is 43.1 Å². The van der Waals surface area contributed by atoms with Crippen molar-refractivity contribution in [1.29, 1.82) is 0 Å². The standard InChI is InChI=1S/C16H17NO2/c1-2-3-6-13-7-4-5-8-16(13)14-9-11-15(12-10-14)17(18)19/h4-5,7-12H,2-3,6H2,1H3. The first kappa shape index (κ1) is 13.3. The number of hydrogen-bond donors (Lipinski definition) is 0. The molecule has 0 radical (unpaired) electrons. The molecule has 2 rings (SSSR count). The van der Waals surface area contributed by atoms with Gasteiger partial charge in [-0.05, 0) is 41.7 Å². The SMILES string of the molecule is CCCCc1ccccc1-c1ccc([N+](=O)[O-])cc1. The van der Waals surface area contributed by atoms with Crippen molar-refractivity contribution in [2.24, 2.45) is 0 Å². The van der Waals surface area contributed by atoms with Gasteiger partial charge >= 0.3 is 0 Å². The van der Waals surface area contributed by atoms with Crippen LogP contribution in [-0.2, 0) is 6.42 Å². The summed E-state index contributed by atoms with van der Waals surface area (Å²) in [7, 11) is 0. The molecule has 0 spiro atoms. The number of unbranched alkanes of at least 4 members (excludes halogenated alkanes) is 1. The summed E-state index contributed by atoms with van der Waals surface area (Å²) >= 11 is 0. The highest BCUT2D eigenvalue weighted by atomic mass is 16.6. The molecule has 0 aliphatic heterocycles. The molecule has 19 heavy (non-hydrogen) atoms. The first-order valence-electron chi connectivity index (χ1n) is 6.55. The summed E-state index contributed by atoms with van der Waals surface area (Å²) in [6.45, 7) is 2.18. The van der Waals surface area contributed by atoms with Crippen LogP contribution in [0.2, 0.25) is 0 Å². The highest BCUT2D eigenvalue weighted by molar-refractivity contribution is 5.68. The average molecular weight is 255 g/mol. The lowest BCUT2D eigenvalue weighted by molar-refractivity contribution is -0.384. The molecule has 0 aromatic heterocycles. The van der Waals surface area contributed by atoms with Gasteiger partial charge in [0.2, 0.25) is 0 Å². The van der Waals surface area contributed by atoms with Crippen LogP contribution < -0.4 is 0 Å². The molecule has 2 aromatic rings. The third kappa shape index (κ3) is 3.19. The van der Waals surface area contributed by atoms with Crippen LogP contribution in [0.5, 0.6) is 0 Å². The van der Waals surface area contributed by atoms with E-state index < -0.39 is 0 Å². The van der Waals surface area contributed by atoms with Crippen molar-refractivity contribution in [1.82, 2.24) is 0 Å². The quantitative estimate of drug-likeness (QED) is 0.578. The first-order chi connectivity index (χ1) is 9.22. The molecule has 0 unspecified atom stereocenters. The van der Waals surface area contributed by atoms with Gasteiger partial charge in [0.15, 0.2) is 0 Å². The molecular weight excluding hydrogens is 238 g/mol. The number of nitrogens with zero attached hydrogens (tertiary/aromatic N) is 1. The molecular formula is C16H17NO2. The van der Waals surface area contributed by atoms with E-state index in [0.717, 1.165) is 24.8 Å². The third-order valence-electron chi connectivity index (χ3n) is 3.21. The monoisotopic (exact) mass is 255 g/mol. The van der Waals surface area contributed by atoms with Gasteiger partial charge in [0.05, 0.1) is 4.92 Å². The Balaban J connectivity index is 2.32. The summed E-state index contributed by atoms with van der Waals surface area (Å²) in [6, 6.07) is 15.0. The molecule has 0 saturated carbocycles. The van der Waals surface area contributed by atoms with Crippen LogP contribution in [0.25, 0.3) is 11.1 Å². The number of benzene rings is 2. The van der Waals surface area contributed by atoms with E-state index in [9.17, 15) is 10.1 Å². The minimum Gasteiger partial charge on any atom is -0.258 e. The van der Waals surface area contributed by atoms with Gasteiger partial charge in [-0.1, -0.05) is 37.6 Å². The highest BCUT2D eigenvalue weighted by Crippen LogP contribution is 2.26. The van der Waals surface area contributed by atoms with Gasteiger partial charge in [-0.2, -0.15) is 0 Å². The lowest BCUT2D eigenvalue weighted by atomic mass is 9.96. The Kier molecular flexibility index (Phi) is 4.29.